The van der Waals surface area contributed by atoms with E-state index < -0.39 is 0 Å². The molecule has 21 heavy (non-hydrogen) atoms. The molecule has 0 amide bonds. The van der Waals surface area contributed by atoms with Gasteiger partial charge in [-0.25, -0.2) is 0 Å². The first-order valence-electron chi connectivity index (χ1n) is 8.59. The summed E-state index contributed by atoms with van der Waals surface area (Å²) in [5.41, 5.74) is 1.26. The molecule has 0 aromatic heterocycles. The van der Waals surface area contributed by atoms with Crippen molar-refractivity contribution in [2.75, 3.05) is 6.61 Å². The predicted molar refractivity (Wildman–Crippen MR) is 92.4 cm³/mol. The van der Waals surface area contributed by atoms with Crippen LogP contribution >= 0.6 is 0 Å². The molecule has 1 rings (SSSR count). The van der Waals surface area contributed by atoms with E-state index in [2.05, 4.69) is 50.3 Å². The molecule has 1 heteroatoms. The number of benzene rings is 1. The summed E-state index contributed by atoms with van der Waals surface area (Å²) in [5, 5.41) is 0. The highest BCUT2D eigenvalue weighted by Crippen LogP contribution is 2.11. The molecular weight excluding hydrogens is 256 g/mol. The van der Waals surface area contributed by atoms with Crippen LogP contribution in [0.2, 0.25) is 0 Å². The SMILES string of the molecule is CCCCCC/C=C/C[C@@H](C)CCOCc1ccccc1. The molecule has 0 aliphatic heterocycles. The van der Waals surface area contributed by atoms with Gasteiger partial charge < -0.3 is 4.74 Å². The molecule has 0 bridgehead atoms. The first kappa shape index (κ1) is 18.0. The zero-order valence-corrected chi connectivity index (χ0v) is 13.9. The molecule has 1 atom stereocenters. The van der Waals surface area contributed by atoms with Crippen molar-refractivity contribution in [2.24, 2.45) is 5.92 Å². The molecule has 0 spiro atoms. The first-order valence-corrected chi connectivity index (χ1v) is 8.59. The van der Waals surface area contributed by atoms with E-state index in [1.54, 1.807) is 0 Å². The van der Waals surface area contributed by atoms with Crippen molar-refractivity contribution in [3.8, 4) is 0 Å². The van der Waals surface area contributed by atoms with E-state index in [9.17, 15) is 0 Å². The van der Waals surface area contributed by atoms with Crippen LogP contribution in [-0.2, 0) is 11.3 Å². The van der Waals surface area contributed by atoms with Gasteiger partial charge in [0.25, 0.3) is 0 Å². The predicted octanol–water partition coefficient (Wildman–Crippen LogP) is 6.15. The fourth-order valence-corrected chi connectivity index (χ4v) is 2.30. The summed E-state index contributed by atoms with van der Waals surface area (Å²) in [6.45, 7) is 6.17. The number of hydrogen-bond donors (Lipinski definition) is 0. The number of unbranched alkanes of at least 4 members (excludes halogenated alkanes) is 4. The molecule has 0 unspecified atom stereocenters. The van der Waals surface area contributed by atoms with E-state index in [0.717, 1.165) is 19.6 Å². The summed E-state index contributed by atoms with van der Waals surface area (Å²) in [7, 11) is 0. The maximum absolute atomic E-state index is 5.74. The minimum absolute atomic E-state index is 0.715. The van der Waals surface area contributed by atoms with E-state index in [1.807, 2.05) is 6.07 Å². The highest BCUT2D eigenvalue weighted by molar-refractivity contribution is 5.13. The number of rotatable bonds is 12. The van der Waals surface area contributed by atoms with Crippen molar-refractivity contribution in [1.29, 1.82) is 0 Å². The van der Waals surface area contributed by atoms with E-state index in [4.69, 9.17) is 4.74 Å². The normalized spacial score (nSPS) is 12.9. The lowest BCUT2D eigenvalue weighted by atomic mass is 10.0. The van der Waals surface area contributed by atoms with Crippen LogP contribution < -0.4 is 0 Å². The van der Waals surface area contributed by atoms with Crippen LogP contribution in [0.25, 0.3) is 0 Å². The summed E-state index contributed by atoms with van der Waals surface area (Å²) in [4.78, 5) is 0. The maximum Gasteiger partial charge on any atom is 0.0716 e. The Morgan fingerprint density at radius 1 is 1.05 bits per heavy atom. The van der Waals surface area contributed by atoms with Gasteiger partial charge in [-0.05, 0) is 37.2 Å². The van der Waals surface area contributed by atoms with E-state index in [0.29, 0.717) is 5.92 Å². The van der Waals surface area contributed by atoms with Crippen molar-refractivity contribution in [3.63, 3.8) is 0 Å². The average molecular weight is 288 g/mol. The molecule has 1 nitrogen and oxygen atoms in total. The lowest BCUT2D eigenvalue weighted by molar-refractivity contribution is 0.109. The topological polar surface area (TPSA) is 9.23 Å². The second-order valence-electron chi connectivity index (χ2n) is 5.99. The van der Waals surface area contributed by atoms with Crippen LogP contribution in [0, 0.1) is 5.92 Å². The van der Waals surface area contributed by atoms with Crippen LogP contribution in [0.5, 0.6) is 0 Å². The molecule has 0 fully saturated rings. The van der Waals surface area contributed by atoms with Crippen molar-refractivity contribution >= 4 is 0 Å². The monoisotopic (exact) mass is 288 g/mol. The Kier molecular flexibility index (Phi) is 10.8. The van der Waals surface area contributed by atoms with Crippen LogP contribution in [0.3, 0.4) is 0 Å². The summed E-state index contributed by atoms with van der Waals surface area (Å²) in [5.74, 6) is 0.715. The van der Waals surface area contributed by atoms with Gasteiger partial charge in [0.1, 0.15) is 0 Å². The summed E-state index contributed by atoms with van der Waals surface area (Å²) in [6.07, 6.45) is 13.7. The largest absolute Gasteiger partial charge is 0.377 e. The lowest BCUT2D eigenvalue weighted by Gasteiger charge is -2.09. The van der Waals surface area contributed by atoms with E-state index in [-0.39, 0.29) is 0 Å². The van der Waals surface area contributed by atoms with Gasteiger partial charge in [-0.15, -0.1) is 0 Å². The molecule has 1 aromatic carbocycles. The third kappa shape index (κ3) is 10.3. The fourth-order valence-electron chi connectivity index (χ4n) is 2.30. The quantitative estimate of drug-likeness (QED) is 0.331. The fraction of sp³-hybridized carbons (Fsp3) is 0.600. The maximum atomic E-state index is 5.74. The van der Waals surface area contributed by atoms with Crippen molar-refractivity contribution < 1.29 is 4.74 Å². The molecule has 0 saturated heterocycles. The molecule has 0 heterocycles. The molecule has 1 aromatic rings. The Bertz CT molecular complexity index is 355. The zero-order chi connectivity index (χ0) is 15.2. The Morgan fingerprint density at radius 3 is 2.62 bits per heavy atom. The number of ether oxygens (including phenoxy) is 1. The Hall–Kier alpha value is -1.08. The van der Waals surface area contributed by atoms with Crippen molar-refractivity contribution in [1.82, 2.24) is 0 Å². The lowest BCUT2D eigenvalue weighted by Crippen LogP contribution is -2.01. The molecule has 0 radical (unpaired) electrons. The summed E-state index contributed by atoms with van der Waals surface area (Å²) >= 11 is 0. The minimum atomic E-state index is 0.715. The van der Waals surface area contributed by atoms with Gasteiger partial charge in [0, 0.05) is 6.61 Å². The highest BCUT2D eigenvalue weighted by Gasteiger charge is 2.00. The van der Waals surface area contributed by atoms with Gasteiger partial charge in [-0.3, -0.25) is 0 Å². The van der Waals surface area contributed by atoms with Gasteiger partial charge >= 0.3 is 0 Å². The molecule has 118 valence electrons. The van der Waals surface area contributed by atoms with Crippen LogP contribution in [0.1, 0.15) is 64.4 Å². The molecule has 0 aliphatic carbocycles. The molecular formula is C20H32O. The van der Waals surface area contributed by atoms with E-state index in [1.165, 1.54) is 44.1 Å². The standard InChI is InChI=1S/C20H32O/c1-3-4-5-6-7-8-10-13-19(2)16-17-21-18-20-14-11-9-12-15-20/h8-12,14-15,19H,3-7,13,16-18H2,1-2H3/b10-8+/t19-/m1/s1. The molecule has 0 saturated carbocycles. The second kappa shape index (κ2) is 12.6. The molecule has 0 N–H and O–H groups in total. The van der Waals surface area contributed by atoms with Gasteiger partial charge in [-0.2, -0.15) is 0 Å². The second-order valence-corrected chi connectivity index (χ2v) is 5.99. The minimum Gasteiger partial charge on any atom is -0.377 e. The average Bonchev–Trinajstić information content (AvgIpc) is 2.52. The van der Waals surface area contributed by atoms with Crippen LogP contribution in [-0.4, -0.2) is 6.61 Å². The zero-order valence-electron chi connectivity index (χ0n) is 13.9. The summed E-state index contributed by atoms with van der Waals surface area (Å²) < 4.78 is 5.74. The Balaban J connectivity index is 1.96. The summed E-state index contributed by atoms with van der Waals surface area (Å²) in [6, 6.07) is 10.4. The van der Waals surface area contributed by atoms with Gasteiger partial charge in [0.05, 0.1) is 6.61 Å². The van der Waals surface area contributed by atoms with Crippen molar-refractivity contribution in [2.45, 2.75) is 65.4 Å². The third-order valence-electron chi connectivity index (χ3n) is 3.80. The van der Waals surface area contributed by atoms with E-state index >= 15 is 0 Å². The van der Waals surface area contributed by atoms with Gasteiger partial charge in [0.15, 0.2) is 0 Å². The van der Waals surface area contributed by atoms with Crippen LogP contribution in [0.15, 0.2) is 42.5 Å². The van der Waals surface area contributed by atoms with Crippen LogP contribution in [0.4, 0.5) is 0 Å². The molecule has 0 aliphatic rings. The third-order valence-corrected chi connectivity index (χ3v) is 3.80. The van der Waals surface area contributed by atoms with Gasteiger partial charge in [-0.1, -0.05) is 75.6 Å². The number of allylic oxidation sites excluding steroid dienone is 2. The smallest absolute Gasteiger partial charge is 0.0716 e. The number of hydrogen-bond acceptors (Lipinski definition) is 1. The van der Waals surface area contributed by atoms with Crippen molar-refractivity contribution in [3.05, 3.63) is 48.0 Å². The Labute approximate surface area is 131 Å². The van der Waals surface area contributed by atoms with Gasteiger partial charge in [0.2, 0.25) is 0 Å². The highest BCUT2D eigenvalue weighted by atomic mass is 16.5. The first-order chi connectivity index (χ1) is 10.3. The Morgan fingerprint density at radius 2 is 1.86 bits per heavy atom.